The highest BCUT2D eigenvalue weighted by molar-refractivity contribution is 8.18. The van der Waals surface area contributed by atoms with Crippen LogP contribution in [0.15, 0.2) is 52.4 Å². The molecule has 5 nitrogen and oxygen atoms in total. The third-order valence-corrected chi connectivity index (χ3v) is 4.53. The Morgan fingerprint density at radius 3 is 2.44 bits per heavy atom. The highest BCUT2D eigenvalue weighted by Gasteiger charge is 2.23. The Balaban J connectivity index is 1.83. The normalized spacial score (nSPS) is 17.0. The van der Waals surface area contributed by atoms with E-state index in [0.717, 1.165) is 11.3 Å². The minimum Gasteiger partial charge on any atom is -0.493 e. The molecule has 1 aliphatic heterocycles. The number of hydrogen-bond donors (Lipinski definition) is 1. The van der Waals surface area contributed by atoms with Crippen molar-refractivity contribution >= 4 is 34.6 Å². The van der Waals surface area contributed by atoms with Crippen molar-refractivity contribution < 1.29 is 14.3 Å². The number of amidine groups is 1. The molecule has 1 amide bonds. The van der Waals surface area contributed by atoms with E-state index in [9.17, 15) is 4.79 Å². The average Bonchev–Trinajstić information content (AvgIpc) is 2.96. The van der Waals surface area contributed by atoms with Gasteiger partial charge in [0.05, 0.1) is 24.8 Å². The maximum absolute atomic E-state index is 12.2. The third-order valence-electron chi connectivity index (χ3n) is 3.62. The van der Waals surface area contributed by atoms with Gasteiger partial charge in [0.1, 0.15) is 0 Å². The van der Waals surface area contributed by atoms with E-state index in [1.807, 2.05) is 49.4 Å². The topological polar surface area (TPSA) is 59.9 Å². The number of methoxy groups -OCH3 is 2. The van der Waals surface area contributed by atoms with Crippen LogP contribution < -0.4 is 14.8 Å². The van der Waals surface area contributed by atoms with Gasteiger partial charge in [-0.1, -0.05) is 23.8 Å². The fraction of sp³-hybridized carbons (Fsp3) is 0.158. The molecule has 0 saturated carbocycles. The highest BCUT2D eigenvalue weighted by Crippen LogP contribution is 2.32. The zero-order chi connectivity index (χ0) is 17.8. The van der Waals surface area contributed by atoms with Gasteiger partial charge in [0, 0.05) is 0 Å². The molecule has 1 fully saturated rings. The summed E-state index contributed by atoms with van der Waals surface area (Å²) in [4.78, 5) is 17.2. The van der Waals surface area contributed by atoms with Crippen molar-refractivity contribution in [1.29, 1.82) is 0 Å². The molecule has 0 bridgehead atoms. The molecule has 0 aliphatic carbocycles. The number of rotatable bonds is 4. The van der Waals surface area contributed by atoms with E-state index in [2.05, 4.69) is 10.3 Å². The van der Waals surface area contributed by atoms with Crippen LogP contribution in [0.3, 0.4) is 0 Å². The minimum atomic E-state index is -0.161. The van der Waals surface area contributed by atoms with Gasteiger partial charge in [-0.15, -0.1) is 0 Å². The molecule has 128 valence electrons. The molecule has 1 saturated heterocycles. The number of thioether (sulfide) groups is 1. The fourth-order valence-electron chi connectivity index (χ4n) is 2.31. The molecule has 1 heterocycles. The Labute approximate surface area is 150 Å². The van der Waals surface area contributed by atoms with Gasteiger partial charge in [-0.25, -0.2) is 4.99 Å². The summed E-state index contributed by atoms with van der Waals surface area (Å²) >= 11 is 1.31. The maximum atomic E-state index is 12.2. The smallest absolute Gasteiger partial charge is 0.264 e. The molecule has 25 heavy (non-hydrogen) atoms. The van der Waals surface area contributed by atoms with Crippen LogP contribution in [0.4, 0.5) is 5.69 Å². The van der Waals surface area contributed by atoms with Gasteiger partial charge in [0.25, 0.3) is 5.91 Å². The number of carbonyl (C=O) groups excluding carboxylic acids is 1. The average molecular weight is 354 g/mol. The summed E-state index contributed by atoms with van der Waals surface area (Å²) < 4.78 is 10.5. The van der Waals surface area contributed by atoms with Crippen molar-refractivity contribution in [1.82, 2.24) is 5.32 Å². The van der Waals surface area contributed by atoms with E-state index in [0.29, 0.717) is 21.6 Å². The number of carbonyl (C=O) groups is 1. The second kappa shape index (κ2) is 7.44. The predicted octanol–water partition coefficient (Wildman–Crippen LogP) is 3.90. The molecule has 0 radical (unpaired) electrons. The van der Waals surface area contributed by atoms with Gasteiger partial charge < -0.3 is 14.8 Å². The monoisotopic (exact) mass is 354 g/mol. The minimum absolute atomic E-state index is 0.161. The van der Waals surface area contributed by atoms with Crippen LogP contribution in [0.5, 0.6) is 11.5 Å². The summed E-state index contributed by atoms with van der Waals surface area (Å²) in [6.45, 7) is 2.02. The second-order valence-corrected chi connectivity index (χ2v) is 6.46. The van der Waals surface area contributed by atoms with Crippen LogP contribution in [0.25, 0.3) is 6.08 Å². The number of amides is 1. The lowest BCUT2D eigenvalue weighted by Gasteiger charge is -2.07. The van der Waals surface area contributed by atoms with Crippen LogP contribution >= 0.6 is 11.8 Å². The molecule has 0 unspecified atom stereocenters. The van der Waals surface area contributed by atoms with Crippen molar-refractivity contribution in [3.05, 3.63) is 58.5 Å². The molecular formula is C19H18N2O3S. The van der Waals surface area contributed by atoms with Gasteiger partial charge in [-0.2, -0.15) is 0 Å². The van der Waals surface area contributed by atoms with Gasteiger partial charge >= 0.3 is 0 Å². The zero-order valence-electron chi connectivity index (χ0n) is 14.2. The van der Waals surface area contributed by atoms with Crippen LogP contribution in [-0.4, -0.2) is 25.3 Å². The molecule has 1 N–H and O–H groups in total. The molecule has 2 aromatic rings. The van der Waals surface area contributed by atoms with E-state index in [-0.39, 0.29) is 5.91 Å². The standard InChI is InChI=1S/C19H18N2O3S/c1-12-4-7-14(8-5-12)20-19-21-18(22)17(25-19)11-13-6-9-15(23-2)16(10-13)24-3/h4-11H,1-3H3,(H,20,21,22)/b17-11+. The number of hydrogen-bond acceptors (Lipinski definition) is 5. The van der Waals surface area contributed by atoms with E-state index in [1.54, 1.807) is 20.3 Å². The second-order valence-electron chi connectivity index (χ2n) is 5.43. The van der Waals surface area contributed by atoms with Gasteiger partial charge in [-0.05, 0) is 54.6 Å². The van der Waals surface area contributed by atoms with Gasteiger partial charge in [0.2, 0.25) is 0 Å². The summed E-state index contributed by atoms with van der Waals surface area (Å²) in [5, 5.41) is 3.36. The van der Waals surface area contributed by atoms with Gasteiger partial charge in [0.15, 0.2) is 16.7 Å². The molecule has 0 atom stereocenters. The number of aliphatic imine (C=N–C) groups is 1. The summed E-state index contributed by atoms with van der Waals surface area (Å²) in [5.74, 6) is 1.11. The lowest BCUT2D eigenvalue weighted by atomic mass is 10.2. The predicted molar refractivity (Wildman–Crippen MR) is 102 cm³/mol. The lowest BCUT2D eigenvalue weighted by Crippen LogP contribution is -2.19. The van der Waals surface area contributed by atoms with E-state index in [4.69, 9.17) is 9.47 Å². The van der Waals surface area contributed by atoms with E-state index < -0.39 is 0 Å². The first kappa shape index (κ1) is 17.1. The van der Waals surface area contributed by atoms with Gasteiger partial charge in [-0.3, -0.25) is 4.79 Å². The van der Waals surface area contributed by atoms with Crippen molar-refractivity contribution in [3.63, 3.8) is 0 Å². The van der Waals surface area contributed by atoms with Crippen LogP contribution in [0.2, 0.25) is 0 Å². The number of aryl methyl sites for hydroxylation is 1. The fourth-order valence-corrected chi connectivity index (χ4v) is 3.15. The number of ether oxygens (including phenoxy) is 2. The Morgan fingerprint density at radius 1 is 1.04 bits per heavy atom. The first-order valence-corrected chi connectivity index (χ1v) is 8.49. The molecule has 2 aromatic carbocycles. The van der Waals surface area contributed by atoms with Crippen LogP contribution in [-0.2, 0) is 4.79 Å². The number of benzene rings is 2. The largest absolute Gasteiger partial charge is 0.493 e. The Kier molecular flexibility index (Phi) is 5.09. The summed E-state index contributed by atoms with van der Waals surface area (Å²) in [6, 6.07) is 13.3. The van der Waals surface area contributed by atoms with Crippen molar-refractivity contribution in [2.24, 2.45) is 4.99 Å². The van der Waals surface area contributed by atoms with Crippen molar-refractivity contribution in [2.75, 3.05) is 14.2 Å². The van der Waals surface area contributed by atoms with E-state index in [1.165, 1.54) is 17.3 Å². The molecule has 0 aromatic heterocycles. The third kappa shape index (κ3) is 4.03. The Bertz CT molecular complexity index is 857. The zero-order valence-corrected chi connectivity index (χ0v) is 15.0. The SMILES string of the molecule is COc1ccc(/C=C2/SC(=Nc3ccc(C)cc3)NC2=O)cc1OC. The summed E-state index contributed by atoms with van der Waals surface area (Å²) in [7, 11) is 3.17. The molecular weight excluding hydrogens is 336 g/mol. The number of nitrogens with one attached hydrogen (secondary N) is 1. The Hall–Kier alpha value is -2.73. The number of nitrogens with zero attached hydrogens (tertiary/aromatic N) is 1. The Morgan fingerprint density at radius 2 is 1.76 bits per heavy atom. The highest BCUT2D eigenvalue weighted by atomic mass is 32.2. The van der Waals surface area contributed by atoms with Crippen molar-refractivity contribution in [3.8, 4) is 11.5 Å². The molecule has 1 aliphatic rings. The molecule has 0 spiro atoms. The van der Waals surface area contributed by atoms with Crippen molar-refractivity contribution in [2.45, 2.75) is 6.92 Å². The van der Waals surface area contributed by atoms with E-state index >= 15 is 0 Å². The first-order chi connectivity index (χ1) is 12.1. The quantitative estimate of drug-likeness (QED) is 0.846. The first-order valence-electron chi connectivity index (χ1n) is 7.67. The van der Waals surface area contributed by atoms with Crippen LogP contribution in [0.1, 0.15) is 11.1 Å². The molecule has 3 rings (SSSR count). The maximum Gasteiger partial charge on any atom is 0.264 e. The molecule has 6 heteroatoms. The van der Waals surface area contributed by atoms with Crippen LogP contribution in [0, 0.1) is 6.92 Å². The lowest BCUT2D eigenvalue weighted by molar-refractivity contribution is -0.115. The summed E-state index contributed by atoms with van der Waals surface area (Å²) in [6.07, 6.45) is 1.81. The summed E-state index contributed by atoms with van der Waals surface area (Å²) in [5.41, 5.74) is 2.83.